The molecule has 3 aromatic carbocycles. The first-order chi connectivity index (χ1) is 17.7. The number of rotatable bonds is 8. The molecular weight excluding hydrogens is 470 g/mol. The van der Waals surface area contributed by atoms with Gasteiger partial charge in [-0.05, 0) is 81.8 Å². The molecule has 1 fully saturated rings. The van der Waals surface area contributed by atoms with Gasteiger partial charge >= 0.3 is 0 Å². The van der Waals surface area contributed by atoms with Crippen LogP contribution in [-0.4, -0.2) is 36.6 Å². The molecule has 1 N–H and O–H groups in total. The zero-order valence-corrected chi connectivity index (χ0v) is 21.6. The third-order valence-corrected chi connectivity index (χ3v) is 6.05. The van der Waals surface area contributed by atoms with E-state index in [9.17, 15) is 14.7 Å². The van der Waals surface area contributed by atoms with E-state index < -0.39 is 17.7 Å². The normalized spacial score (nSPS) is 16.8. The van der Waals surface area contributed by atoms with Gasteiger partial charge in [0.25, 0.3) is 11.7 Å². The summed E-state index contributed by atoms with van der Waals surface area (Å²) < 4.78 is 16.8. The number of anilines is 1. The number of carbonyl (C=O) groups excluding carboxylic acids is 2. The number of ether oxygens (including phenoxy) is 3. The van der Waals surface area contributed by atoms with Crippen LogP contribution >= 0.6 is 0 Å². The molecule has 7 heteroatoms. The summed E-state index contributed by atoms with van der Waals surface area (Å²) in [5.74, 6) is -0.0851. The standard InChI is InChI=1S/C30H31NO6/c1-6-36-22-14-10-21(11-15-22)31-27(20-8-12-23(13-9-20)37-18(2)3)26(29(33)30(31)34)28(32)24-17-19(4)7-16-25(24)35-5/h7-18,27,32H,6H2,1-5H3/b28-26+. The Labute approximate surface area is 216 Å². The molecule has 1 atom stereocenters. The number of hydrogen-bond donors (Lipinski definition) is 1. The van der Waals surface area contributed by atoms with Crippen molar-refractivity contribution in [3.63, 3.8) is 0 Å². The van der Waals surface area contributed by atoms with Crippen LogP contribution < -0.4 is 19.1 Å². The summed E-state index contributed by atoms with van der Waals surface area (Å²) in [5.41, 5.74) is 2.36. The summed E-state index contributed by atoms with van der Waals surface area (Å²) in [6.07, 6.45) is -0.00544. The molecule has 1 saturated heterocycles. The molecule has 37 heavy (non-hydrogen) atoms. The van der Waals surface area contributed by atoms with E-state index in [-0.39, 0.29) is 17.4 Å². The SMILES string of the molecule is CCOc1ccc(N2C(=O)C(=O)/C(=C(/O)c3cc(C)ccc3OC)C2c2ccc(OC(C)C)cc2)cc1. The predicted molar refractivity (Wildman–Crippen MR) is 142 cm³/mol. The first-order valence-electron chi connectivity index (χ1n) is 12.2. The number of nitrogens with zero attached hydrogens (tertiary/aromatic N) is 1. The molecule has 0 radical (unpaired) electrons. The Morgan fingerprint density at radius 3 is 2.22 bits per heavy atom. The van der Waals surface area contributed by atoms with Crippen molar-refractivity contribution in [2.24, 2.45) is 0 Å². The van der Waals surface area contributed by atoms with E-state index in [1.54, 1.807) is 60.7 Å². The molecule has 0 bridgehead atoms. The lowest BCUT2D eigenvalue weighted by Gasteiger charge is -2.26. The van der Waals surface area contributed by atoms with Crippen LogP contribution in [0.25, 0.3) is 5.76 Å². The van der Waals surface area contributed by atoms with Gasteiger partial charge in [-0.3, -0.25) is 14.5 Å². The zero-order chi connectivity index (χ0) is 26.7. The molecule has 0 aliphatic carbocycles. The van der Waals surface area contributed by atoms with Crippen LogP contribution in [0.4, 0.5) is 5.69 Å². The largest absolute Gasteiger partial charge is 0.507 e. The minimum absolute atomic E-state index is 0.00544. The fraction of sp³-hybridized carbons (Fsp3) is 0.267. The van der Waals surface area contributed by atoms with Crippen molar-refractivity contribution >= 4 is 23.1 Å². The number of ketones is 1. The number of aryl methyl sites for hydroxylation is 1. The summed E-state index contributed by atoms with van der Waals surface area (Å²) in [4.78, 5) is 28.3. The highest BCUT2D eigenvalue weighted by molar-refractivity contribution is 6.51. The van der Waals surface area contributed by atoms with Crippen LogP contribution in [0, 0.1) is 6.92 Å². The van der Waals surface area contributed by atoms with Crippen LogP contribution in [0.3, 0.4) is 0 Å². The Hall–Kier alpha value is -4.26. The minimum Gasteiger partial charge on any atom is -0.507 e. The lowest BCUT2D eigenvalue weighted by atomic mass is 9.94. The predicted octanol–water partition coefficient (Wildman–Crippen LogP) is 5.82. The lowest BCUT2D eigenvalue weighted by Crippen LogP contribution is -2.29. The van der Waals surface area contributed by atoms with Gasteiger partial charge in [-0.15, -0.1) is 0 Å². The van der Waals surface area contributed by atoms with Gasteiger partial charge in [0.15, 0.2) is 0 Å². The van der Waals surface area contributed by atoms with Gasteiger partial charge in [0.2, 0.25) is 0 Å². The van der Waals surface area contributed by atoms with E-state index >= 15 is 0 Å². The van der Waals surface area contributed by atoms with Gasteiger partial charge < -0.3 is 19.3 Å². The molecule has 1 heterocycles. The van der Waals surface area contributed by atoms with Crippen molar-refractivity contribution in [2.75, 3.05) is 18.6 Å². The quantitative estimate of drug-likeness (QED) is 0.238. The first kappa shape index (κ1) is 25.8. The molecule has 0 saturated carbocycles. The van der Waals surface area contributed by atoms with Crippen LogP contribution in [0.2, 0.25) is 0 Å². The highest BCUT2D eigenvalue weighted by Gasteiger charge is 2.47. The Morgan fingerprint density at radius 2 is 1.62 bits per heavy atom. The summed E-state index contributed by atoms with van der Waals surface area (Å²) in [5, 5.41) is 11.5. The molecule has 1 aliphatic heterocycles. The van der Waals surface area contributed by atoms with E-state index in [1.165, 1.54) is 12.0 Å². The first-order valence-corrected chi connectivity index (χ1v) is 12.2. The van der Waals surface area contributed by atoms with Crippen molar-refractivity contribution in [1.29, 1.82) is 0 Å². The molecule has 3 aromatic rings. The van der Waals surface area contributed by atoms with Crippen molar-refractivity contribution in [3.05, 3.63) is 89.0 Å². The van der Waals surface area contributed by atoms with Crippen molar-refractivity contribution in [3.8, 4) is 17.2 Å². The second-order valence-corrected chi connectivity index (χ2v) is 9.04. The number of amides is 1. The minimum atomic E-state index is -0.865. The highest BCUT2D eigenvalue weighted by atomic mass is 16.5. The fourth-order valence-electron chi connectivity index (χ4n) is 4.44. The van der Waals surface area contributed by atoms with Crippen LogP contribution in [0.1, 0.15) is 43.5 Å². The third kappa shape index (κ3) is 5.16. The number of hydrogen-bond acceptors (Lipinski definition) is 6. The number of methoxy groups -OCH3 is 1. The highest BCUT2D eigenvalue weighted by Crippen LogP contribution is 2.44. The summed E-state index contributed by atoms with van der Waals surface area (Å²) >= 11 is 0. The second kappa shape index (κ2) is 10.8. The maximum atomic E-state index is 13.5. The molecule has 192 valence electrons. The smallest absolute Gasteiger partial charge is 0.300 e. The van der Waals surface area contributed by atoms with E-state index in [1.807, 2.05) is 33.8 Å². The Morgan fingerprint density at radius 1 is 0.973 bits per heavy atom. The van der Waals surface area contributed by atoms with Crippen molar-refractivity contribution < 1.29 is 28.9 Å². The zero-order valence-electron chi connectivity index (χ0n) is 21.6. The Balaban J connectivity index is 1.90. The van der Waals surface area contributed by atoms with E-state index in [0.29, 0.717) is 40.7 Å². The summed E-state index contributed by atoms with van der Waals surface area (Å²) in [6.45, 7) is 8.14. The maximum Gasteiger partial charge on any atom is 0.300 e. The number of benzene rings is 3. The van der Waals surface area contributed by atoms with E-state index in [2.05, 4.69) is 0 Å². The molecule has 0 spiro atoms. The van der Waals surface area contributed by atoms with E-state index in [4.69, 9.17) is 14.2 Å². The van der Waals surface area contributed by atoms with Gasteiger partial charge in [-0.25, -0.2) is 0 Å². The van der Waals surface area contributed by atoms with E-state index in [0.717, 1.165) is 5.56 Å². The number of aliphatic hydroxyl groups is 1. The second-order valence-electron chi connectivity index (χ2n) is 9.04. The number of carbonyl (C=O) groups is 2. The van der Waals surface area contributed by atoms with Gasteiger partial charge in [0, 0.05) is 5.69 Å². The Bertz CT molecular complexity index is 1330. The van der Waals surface area contributed by atoms with Crippen LogP contribution in [0.5, 0.6) is 17.2 Å². The topological polar surface area (TPSA) is 85.3 Å². The third-order valence-electron chi connectivity index (χ3n) is 6.05. The van der Waals surface area contributed by atoms with Crippen molar-refractivity contribution in [2.45, 2.75) is 39.8 Å². The lowest BCUT2D eigenvalue weighted by molar-refractivity contribution is -0.132. The van der Waals surface area contributed by atoms with Gasteiger partial charge in [-0.1, -0.05) is 23.8 Å². The monoisotopic (exact) mass is 501 g/mol. The molecule has 1 unspecified atom stereocenters. The fourth-order valence-corrected chi connectivity index (χ4v) is 4.44. The molecule has 0 aromatic heterocycles. The van der Waals surface area contributed by atoms with Crippen LogP contribution in [0.15, 0.2) is 72.3 Å². The average Bonchev–Trinajstić information content (AvgIpc) is 3.14. The van der Waals surface area contributed by atoms with Gasteiger partial charge in [0.05, 0.1) is 37.0 Å². The molecule has 7 nitrogen and oxygen atoms in total. The Kier molecular flexibility index (Phi) is 7.53. The van der Waals surface area contributed by atoms with Gasteiger partial charge in [0.1, 0.15) is 23.0 Å². The molecule has 1 aliphatic rings. The molecule has 4 rings (SSSR count). The molecule has 1 amide bonds. The summed E-state index contributed by atoms with van der Waals surface area (Å²) in [7, 11) is 1.49. The number of aliphatic hydroxyl groups excluding tert-OH is 1. The van der Waals surface area contributed by atoms with Crippen molar-refractivity contribution in [1.82, 2.24) is 0 Å². The average molecular weight is 502 g/mol. The molecular formula is C30H31NO6. The van der Waals surface area contributed by atoms with Crippen LogP contribution in [-0.2, 0) is 9.59 Å². The number of Topliss-reactive ketones (excluding diaryl/α,β-unsaturated/α-hetero) is 1. The van der Waals surface area contributed by atoms with Gasteiger partial charge in [-0.2, -0.15) is 0 Å². The maximum absolute atomic E-state index is 13.5. The summed E-state index contributed by atoms with van der Waals surface area (Å²) in [6, 6.07) is 18.6.